The normalized spacial score (nSPS) is 23.0. The van der Waals surface area contributed by atoms with Crippen LogP contribution in [-0.2, 0) is 10.9 Å². The predicted octanol–water partition coefficient (Wildman–Crippen LogP) is 2.98. The van der Waals surface area contributed by atoms with Crippen LogP contribution in [0.5, 0.6) is 0 Å². The Kier molecular flexibility index (Phi) is 5.77. The molecule has 1 aromatic carbocycles. The van der Waals surface area contributed by atoms with Gasteiger partial charge >= 0.3 is 6.18 Å². The van der Waals surface area contributed by atoms with E-state index in [1.807, 2.05) is 4.90 Å². The number of hydrogen-bond acceptors (Lipinski definition) is 6. The van der Waals surface area contributed by atoms with Gasteiger partial charge in [0.2, 0.25) is 0 Å². The highest BCUT2D eigenvalue weighted by atomic mass is 19.4. The van der Waals surface area contributed by atoms with Gasteiger partial charge in [0.25, 0.3) is 5.91 Å². The second-order valence-electron chi connectivity index (χ2n) is 8.32. The number of hydrogen-bond donors (Lipinski definition) is 0. The van der Waals surface area contributed by atoms with Crippen molar-refractivity contribution in [3.05, 3.63) is 53.6 Å². The van der Waals surface area contributed by atoms with Gasteiger partial charge in [-0.15, -0.1) is 0 Å². The second-order valence-corrected chi connectivity index (χ2v) is 8.32. The summed E-state index contributed by atoms with van der Waals surface area (Å²) in [6, 6.07) is 5.42. The van der Waals surface area contributed by atoms with Crippen LogP contribution in [0.3, 0.4) is 0 Å². The molecule has 0 spiro atoms. The van der Waals surface area contributed by atoms with Gasteiger partial charge in [-0.1, -0.05) is 0 Å². The zero-order valence-electron chi connectivity index (χ0n) is 17.5. The first-order valence-corrected chi connectivity index (χ1v) is 10.2. The summed E-state index contributed by atoms with van der Waals surface area (Å²) in [4.78, 5) is 24.6. The number of carbonyl (C=O) groups is 1. The topological polar surface area (TPSA) is 82.3 Å². The standard InChI is InChI=1S/C22H22F3N5O2/c1-32-14-21-12-29(20(31)19-10-27-5-6-28-19)7-4-16(21)11-30(13-21)17-3-2-15(9-26)18(8-17)22(23,24)25/h2-3,5-6,8,10,16H,4,7,11-14H2,1H3/t16-,21+/m1/s1. The van der Waals surface area contributed by atoms with Crippen molar-refractivity contribution < 1.29 is 22.7 Å². The van der Waals surface area contributed by atoms with Crippen LogP contribution in [0.15, 0.2) is 36.8 Å². The number of fused-ring (bicyclic) bond motifs is 1. The summed E-state index contributed by atoms with van der Waals surface area (Å²) in [5.41, 5.74) is -1.09. The van der Waals surface area contributed by atoms with Gasteiger partial charge in [0, 0.05) is 56.8 Å². The van der Waals surface area contributed by atoms with Gasteiger partial charge in [0.1, 0.15) is 5.69 Å². The van der Waals surface area contributed by atoms with Gasteiger partial charge in [-0.3, -0.25) is 9.78 Å². The fraction of sp³-hybridized carbons (Fsp3) is 0.455. The van der Waals surface area contributed by atoms with E-state index in [0.717, 1.165) is 6.07 Å². The van der Waals surface area contributed by atoms with Crippen molar-refractivity contribution in [2.75, 3.05) is 44.8 Å². The molecule has 4 rings (SSSR count). The van der Waals surface area contributed by atoms with Crippen molar-refractivity contribution in [2.45, 2.75) is 12.6 Å². The van der Waals surface area contributed by atoms with Gasteiger partial charge in [0.05, 0.1) is 30.0 Å². The predicted molar refractivity (Wildman–Crippen MR) is 109 cm³/mol. The molecule has 2 fully saturated rings. The molecule has 32 heavy (non-hydrogen) atoms. The lowest BCUT2D eigenvalue weighted by Crippen LogP contribution is -2.53. The Morgan fingerprint density at radius 3 is 2.81 bits per heavy atom. The number of rotatable bonds is 4. The number of alkyl halides is 3. The van der Waals surface area contributed by atoms with Gasteiger partial charge < -0.3 is 14.5 Å². The number of piperidine rings is 1. The molecule has 2 aliphatic heterocycles. The van der Waals surface area contributed by atoms with Crippen LogP contribution < -0.4 is 4.90 Å². The highest BCUT2D eigenvalue weighted by molar-refractivity contribution is 5.92. The number of nitrogens with zero attached hydrogens (tertiary/aromatic N) is 5. The SMILES string of the molecule is COC[C@@]12CN(C(=O)c3cnccn3)CC[C@@H]1CN(c1ccc(C#N)c(C(F)(F)F)c1)C2. The van der Waals surface area contributed by atoms with E-state index in [1.165, 1.54) is 24.7 Å². The van der Waals surface area contributed by atoms with Crippen LogP contribution in [0.1, 0.15) is 28.0 Å². The summed E-state index contributed by atoms with van der Waals surface area (Å²) in [7, 11) is 1.58. The molecular weight excluding hydrogens is 423 g/mol. The highest BCUT2D eigenvalue weighted by Gasteiger charge is 2.51. The monoisotopic (exact) mass is 445 g/mol. The number of ether oxygens (including phenoxy) is 1. The lowest BCUT2D eigenvalue weighted by Gasteiger charge is -2.43. The zero-order valence-corrected chi connectivity index (χ0v) is 17.5. The second kappa shape index (κ2) is 8.39. The summed E-state index contributed by atoms with van der Waals surface area (Å²) in [6.07, 6.45) is 0.474. The van der Waals surface area contributed by atoms with Crippen LogP contribution in [0, 0.1) is 22.7 Å². The molecule has 0 radical (unpaired) electrons. The Labute approximate surface area is 183 Å². The fourth-order valence-corrected chi connectivity index (χ4v) is 4.88. The maximum Gasteiger partial charge on any atom is 0.417 e. The van der Waals surface area contributed by atoms with Gasteiger partial charge in [0.15, 0.2) is 0 Å². The van der Waals surface area contributed by atoms with Crippen LogP contribution in [0.4, 0.5) is 18.9 Å². The largest absolute Gasteiger partial charge is 0.417 e. The number of amides is 1. The Bertz CT molecular complexity index is 1040. The number of carbonyl (C=O) groups excluding carboxylic acids is 1. The van der Waals surface area contributed by atoms with E-state index in [1.54, 1.807) is 24.1 Å². The van der Waals surface area contributed by atoms with E-state index < -0.39 is 22.7 Å². The minimum Gasteiger partial charge on any atom is -0.384 e. The molecular formula is C22H22F3N5O2. The van der Waals surface area contributed by atoms with Crippen molar-refractivity contribution in [3.8, 4) is 6.07 Å². The molecule has 2 aliphatic rings. The minimum atomic E-state index is -4.61. The third kappa shape index (κ3) is 4.00. The van der Waals surface area contributed by atoms with Crippen molar-refractivity contribution in [2.24, 2.45) is 11.3 Å². The summed E-state index contributed by atoms with van der Waals surface area (Å²) in [5.74, 6) is -0.0680. The maximum absolute atomic E-state index is 13.5. The molecule has 0 N–H and O–H groups in total. The summed E-state index contributed by atoms with van der Waals surface area (Å²) >= 11 is 0. The Morgan fingerprint density at radius 2 is 2.16 bits per heavy atom. The first kappa shape index (κ1) is 22.0. The quantitative estimate of drug-likeness (QED) is 0.720. The average Bonchev–Trinajstić information content (AvgIpc) is 3.17. The third-order valence-electron chi connectivity index (χ3n) is 6.36. The molecule has 2 saturated heterocycles. The molecule has 1 amide bonds. The zero-order chi connectivity index (χ0) is 22.9. The van der Waals surface area contributed by atoms with Crippen molar-refractivity contribution in [3.63, 3.8) is 0 Å². The lowest BCUT2D eigenvalue weighted by atomic mass is 9.74. The first-order valence-electron chi connectivity index (χ1n) is 10.2. The molecule has 2 aromatic rings. The number of anilines is 1. The van der Waals surface area contributed by atoms with Gasteiger partial charge in [-0.2, -0.15) is 18.4 Å². The smallest absolute Gasteiger partial charge is 0.384 e. The molecule has 0 bridgehead atoms. The van der Waals surface area contributed by atoms with E-state index in [9.17, 15) is 18.0 Å². The van der Waals surface area contributed by atoms with E-state index in [4.69, 9.17) is 10.00 Å². The number of likely N-dealkylation sites (tertiary alicyclic amines) is 1. The molecule has 1 aromatic heterocycles. The lowest BCUT2D eigenvalue weighted by molar-refractivity contribution is -0.137. The van der Waals surface area contributed by atoms with E-state index in [0.29, 0.717) is 44.9 Å². The summed E-state index contributed by atoms with van der Waals surface area (Å²) in [5, 5.41) is 9.07. The molecule has 168 valence electrons. The first-order chi connectivity index (χ1) is 15.3. The van der Waals surface area contributed by atoms with E-state index in [-0.39, 0.29) is 17.5 Å². The minimum absolute atomic E-state index is 0.151. The molecule has 2 atom stereocenters. The number of halogens is 3. The molecule has 0 unspecified atom stereocenters. The van der Waals surface area contributed by atoms with Crippen LogP contribution in [-0.4, -0.2) is 60.7 Å². The number of aromatic nitrogens is 2. The Balaban J connectivity index is 1.61. The molecule has 7 nitrogen and oxygen atoms in total. The average molecular weight is 445 g/mol. The van der Waals surface area contributed by atoms with Crippen LogP contribution in [0.25, 0.3) is 0 Å². The molecule has 0 aliphatic carbocycles. The third-order valence-corrected chi connectivity index (χ3v) is 6.36. The van der Waals surface area contributed by atoms with E-state index >= 15 is 0 Å². The Morgan fingerprint density at radius 1 is 1.34 bits per heavy atom. The van der Waals surface area contributed by atoms with Crippen molar-refractivity contribution in [1.82, 2.24) is 14.9 Å². The van der Waals surface area contributed by atoms with Crippen LogP contribution in [0.2, 0.25) is 0 Å². The fourth-order valence-electron chi connectivity index (χ4n) is 4.88. The van der Waals surface area contributed by atoms with Crippen molar-refractivity contribution >= 4 is 11.6 Å². The van der Waals surface area contributed by atoms with Crippen LogP contribution >= 0.6 is 0 Å². The van der Waals surface area contributed by atoms with Crippen molar-refractivity contribution in [1.29, 1.82) is 5.26 Å². The van der Waals surface area contributed by atoms with Gasteiger partial charge in [-0.25, -0.2) is 4.98 Å². The number of methoxy groups -OCH3 is 1. The highest BCUT2D eigenvalue weighted by Crippen LogP contribution is 2.45. The summed E-state index contributed by atoms with van der Waals surface area (Å²) in [6.45, 7) is 2.32. The number of benzene rings is 1. The Hall–Kier alpha value is -3.19. The molecule has 3 heterocycles. The molecule has 10 heteroatoms. The van der Waals surface area contributed by atoms with E-state index in [2.05, 4.69) is 9.97 Å². The molecule has 0 saturated carbocycles. The maximum atomic E-state index is 13.5. The summed E-state index contributed by atoms with van der Waals surface area (Å²) < 4.78 is 45.9. The van der Waals surface area contributed by atoms with Gasteiger partial charge in [-0.05, 0) is 30.5 Å². The number of nitriles is 1.